The van der Waals surface area contributed by atoms with Crippen LogP contribution in [0.5, 0.6) is 0 Å². The Bertz CT molecular complexity index is 650. The lowest BCUT2D eigenvalue weighted by atomic mass is 10.0. The Labute approximate surface area is 124 Å². The van der Waals surface area contributed by atoms with Crippen molar-refractivity contribution in [2.24, 2.45) is 5.73 Å². The van der Waals surface area contributed by atoms with Crippen LogP contribution >= 0.6 is 0 Å². The first-order valence-electron chi connectivity index (χ1n) is 6.90. The van der Waals surface area contributed by atoms with Crippen LogP contribution in [0.15, 0.2) is 85.1 Å². The van der Waals surface area contributed by atoms with Crippen LogP contribution in [0, 0.1) is 0 Å². The zero-order chi connectivity index (χ0) is 14.7. The van der Waals surface area contributed by atoms with E-state index in [-0.39, 0.29) is 10.4 Å². The zero-order valence-electron chi connectivity index (χ0n) is 11.6. The van der Waals surface area contributed by atoms with Crippen LogP contribution in [0.1, 0.15) is 0 Å². The van der Waals surface area contributed by atoms with Gasteiger partial charge in [0, 0.05) is 0 Å². The van der Waals surface area contributed by atoms with Gasteiger partial charge in [0.05, 0.1) is 0 Å². The van der Waals surface area contributed by atoms with Gasteiger partial charge >= 0.3 is 0 Å². The Hall–Kier alpha value is -2.65. The SMILES string of the molecule is NC(=O)C1C=CC=C[N+]1(c1ccccc1)c1ccccc1. The lowest BCUT2D eigenvalue weighted by molar-refractivity contribution is -0.120. The molecule has 3 heteroatoms. The van der Waals surface area contributed by atoms with E-state index in [0.29, 0.717) is 0 Å². The summed E-state index contributed by atoms with van der Waals surface area (Å²) >= 11 is 0. The number of quaternary nitrogens is 1. The monoisotopic (exact) mass is 277 g/mol. The highest BCUT2D eigenvalue weighted by molar-refractivity contribution is 5.88. The number of rotatable bonds is 3. The van der Waals surface area contributed by atoms with Crippen LogP contribution in [0.3, 0.4) is 0 Å². The third-order valence-corrected chi connectivity index (χ3v) is 3.82. The van der Waals surface area contributed by atoms with E-state index in [1.54, 1.807) is 0 Å². The molecule has 1 aliphatic heterocycles. The smallest absolute Gasteiger partial charge is 0.281 e. The van der Waals surface area contributed by atoms with Gasteiger partial charge in [-0.05, 0) is 36.4 Å². The Morgan fingerprint density at radius 1 is 0.857 bits per heavy atom. The third-order valence-electron chi connectivity index (χ3n) is 3.82. The van der Waals surface area contributed by atoms with E-state index in [0.717, 1.165) is 11.4 Å². The van der Waals surface area contributed by atoms with Gasteiger partial charge in [-0.15, -0.1) is 0 Å². The van der Waals surface area contributed by atoms with Crippen molar-refractivity contribution in [3.05, 3.63) is 85.1 Å². The molecule has 1 aliphatic rings. The summed E-state index contributed by atoms with van der Waals surface area (Å²) in [5.74, 6) is -0.344. The van der Waals surface area contributed by atoms with Crippen molar-refractivity contribution in [3.8, 4) is 0 Å². The number of carbonyl (C=O) groups excluding carboxylic acids is 1. The first kappa shape index (κ1) is 13.3. The number of primary amides is 1. The lowest BCUT2D eigenvalue weighted by Gasteiger charge is -2.39. The summed E-state index contributed by atoms with van der Waals surface area (Å²) in [6, 6.07) is 19.5. The summed E-state index contributed by atoms with van der Waals surface area (Å²) < 4.78 is 0.285. The number of hydrogen-bond donors (Lipinski definition) is 1. The maximum Gasteiger partial charge on any atom is 0.281 e. The second kappa shape index (κ2) is 5.38. The van der Waals surface area contributed by atoms with E-state index in [9.17, 15) is 4.79 Å². The average molecular weight is 277 g/mol. The third kappa shape index (κ3) is 2.18. The van der Waals surface area contributed by atoms with E-state index in [2.05, 4.69) is 0 Å². The number of amides is 1. The molecule has 3 nitrogen and oxygen atoms in total. The summed E-state index contributed by atoms with van der Waals surface area (Å²) in [4.78, 5) is 12.0. The summed E-state index contributed by atoms with van der Waals surface area (Å²) in [6.45, 7) is 0. The number of allylic oxidation sites excluding steroid dienone is 2. The van der Waals surface area contributed by atoms with Gasteiger partial charge in [0.15, 0.2) is 0 Å². The molecule has 2 N–H and O–H groups in total. The van der Waals surface area contributed by atoms with Gasteiger partial charge in [0.2, 0.25) is 6.04 Å². The molecule has 21 heavy (non-hydrogen) atoms. The first-order chi connectivity index (χ1) is 10.2. The predicted octanol–water partition coefficient (Wildman–Crippen LogP) is 3.26. The Morgan fingerprint density at radius 2 is 1.38 bits per heavy atom. The molecule has 0 spiro atoms. The second-order valence-electron chi connectivity index (χ2n) is 5.02. The van der Waals surface area contributed by atoms with Crippen LogP contribution in [0.2, 0.25) is 0 Å². The summed E-state index contributed by atoms with van der Waals surface area (Å²) in [5.41, 5.74) is 7.69. The molecule has 104 valence electrons. The topological polar surface area (TPSA) is 43.1 Å². The van der Waals surface area contributed by atoms with Crippen molar-refractivity contribution < 1.29 is 4.79 Å². The van der Waals surface area contributed by atoms with Crippen molar-refractivity contribution in [2.45, 2.75) is 6.04 Å². The molecule has 0 aliphatic carbocycles. The summed E-state index contributed by atoms with van der Waals surface area (Å²) in [5, 5.41) is 0. The number of carbonyl (C=O) groups is 1. The summed E-state index contributed by atoms with van der Waals surface area (Å²) in [6.07, 6.45) is 7.71. The molecular formula is C18H17N2O+. The van der Waals surface area contributed by atoms with Gasteiger partial charge in [0.1, 0.15) is 17.6 Å². The molecule has 0 aromatic heterocycles. The van der Waals surface area contributed by atoms with Crippen LogP contribution < -0.4 is 10.2 Å². The molecule has 1 atom stereocenters. The number of nitrogens with zero attached hydrogens (tertiary/aromatic N) is 1. The maximum absolute atomic E-state index is 12.0. The molecule has 0 saturated heterocycles. The van der Waals surface area contributed by atoms with Crippen LogP contribution in [-0.2, 0) is 4.79 Å². The quantitative estimate of drug-likeness (QED) is 0.860. The largest absolute Gasteiger partial charge is 0.364 e. The lowest BCUT2D eigenvalue weighted by Crippen LogP contribution is -2.54. The van der Waals surface area contributed by atoms with Crippen LogP contribution in [0.4, 0.5) is 11.4 Å². The molecular weight excluding hydrogens is 260 g/mol. The second-order valence-corrected chi connectivity index (χ2v) is 5.02. The van der Waals surface area contributed by atoms with E-state index >= 15 is 0 Å². The van der Waals surface area contributed by atoms with E-state index < -0.39 is 6.04 Å². The van der Waals surface area contributed by atoms with Crippen LogP contribution in [0.25, 0.3) is 0 Å². The molecule has 3 rings (SSSR count). The highest BCUT2D eigenvalue weighted by Gasteiger charge is 2.43. The average Bonchev–Trinajstić information content (AvgIpc) is 2.56. The highest BCUT2D eigenvalue weighted by atomic mass is 16.1. The van der Waals surface area contributed by atoms with Gasteiger partial charge in [-0.25, -0.2) is 4.48 Å². The van der Waals surface area contributed by atoms with Crippen molar-refractivity contribution >= 4 is 17.3 Å². The normalized spacial score (nSPS) is 19.3. The first-order valence-corrected chi connectivity index (χ1v) is 6.90. The fraction of sp³-hybridized carbons (Fsp3) is 0.0556. The van der Waals surface area contributed by atoms with Gasteiger partial charge in [-0.3, -0.25) is 4.79 Å². The molecule has 0 bridgehead atoms. The number of benzene rings is 2. The van der Waals surface area contributed by atoms with Gasteiger partial charge < -0.3 is 5.73 Å². The van der Waals surface area contributed by atoms with Crippen molar-refractivity contribution in [3.63, 3.8) is 0 Å². The predicted molar refractivity (Wildman–Crippen MR) is 85.6 cm³/mol. The Kier molecular flexibility index (Phi) is 3.42. The maximum atomic E-state index is 12.0. The minimum atomic E-state index is -0.459. The van der Waals surface area contributed by atoms with E-state index in [1.807, 2.05) is 85.1 Å². The minimum absolute atomic E-state index is 0.285. The van der Waals surface area contributed by atoms with Crippen molar-refractivity contribution in [1.82, 2.24) is 4.48 Å². The molecule has 2 aromatic rings. The number of para-hydroxylation sites is 2. The van der Waals surface area contributed by atoms with E-state index in [4.69, 9.17) is 5.73 Å². The fourth-order valence-electron chi connectivity index (χ4n) is 2.87. The highest BCUT2D eigenvalue weighted by Crippen LogP contribution is 2.39. The van der Waals surface area contributed by atoms with Crippen molar-refractivity contribution in [2.75, 3.05) is 0 Å². The molecule has 1 unspecified atom stereocenters. The molecule has 0 radical (unpaired) electrons. The molecule has 0 saturated carbocycles. The Morgan fingerprint density at radius 3 is 1.86 bits per heavy atom. The zero-order valence-corrected chi connectivity index (χ0v) is 11.6. The number of hydrogen-bond acceptors (Lipinski definition) is 1. The van der Waals surface area contributed by atoms with Gasteiger partial charge in [0.25, 0.3) is 5.91 Å². The number of nitrogens with two attached hydrogens (primary N) is 1. The molecule has 1 amide bonds. The molecule has 0 fully saturated rings. The van der Waals surface area contributed by atoms with Crippen LogP contribution in [-0.4, -0.2) is 11.9 Å². The standard InChI is InChI=1S/C18H16N2O/c19-18(21)17-13-7-8-14-20(17,15-9-3-1-4-10-15)16-11-5-2-6-12-16/h1-14,17H,(H-,19,21)/p+1. The fourth-order valence-corrected chi connectivity index (χ4v) is 2.87. The van der Waals surface area contributed by atoms with Gasteiger partial charge in [-0.2, -0.15) is 0 Å². The minimum Gasteiger partial charge on any atom is -0.364 e. The molecule has 1 heterocycles. The van der Waals surface area contributed by atoms with Gasteiger partial charge in [-0.1, -0.05) is 42.5 Å². The van der Waals surface area contributed by atoms with Crippen molar-refractivity contribution in [1.29, 1.82) is 0 Å². The van der Waals surface area contributed by atoms with E-state index in [1.165, 1.54) is 0 Å². The summed E-state index contributed by atoms with van der Waals surface area (Å²) in [7, 11) is 0. The molecule has 2 aromatic carbocycles. The Balaban J connectivity index is 2.28.